The summed E-state index contributed by atoms with van der Waals surface area (Å²) in [5.74, 6) is -7.17. The van der Waals surface area contributed by atoms with Gasteiger partial charge >= 0.3 is 5.92 Å². The highest BCUT2D eigenvalue weighted by molar-refractivity contribution is 6.35. The topological polar surface area (TPSA) is 86.9 Å². The lowest BCUT2D eigenvalue weighted by Gasteiger charge is -2.24. The third kappa shape index (κ3) is 4.71. The van der Waals surface area contributed by atoms with Crippen molar-refractivity contribution < 1.29 is 22.8 Å². The second-order valence-corrected chi connectivity index (χ2v) is 7.73. The zero-order chi connectivity index (χ0) is 22.1. The molecule has 0 aliphatic heterocycles. The number of hydrogen-bond donors (Lipinski definition) is 2. The smallest absolute Gasteiger partial charge is 0.346 e. The summed E-state index contributed by atoms with van der Waals surface area (Å²) in [7, 11) is 1.31. The highest BCUT2D eigenvalue weighted by atomic mass is 35.5. The Hall–Kier alpha value is -2.99. The normalized spacial score (nSPS) is 11.7. The summed E-state index contributed by atoms with van der Waals surface area (Å²) in [6.45, 7) is 4.64. The van der Waals surface area contributed by atoms with Crippen molar-refractivity contribution in [2.45, 2.75) is 32.2 Å². The van der Waals surface area contributed by atoms with Gasteiger partial charge in [0.05, 0.1) is 16.1 Å². The number of carbonyl (C=O) groups excluding carboxylic acids is 2. The number of nitrogens with zero attached hydrogens (tertiary/aromatic N) is 2. The average Bonchev–Trinajstić information content (AvgIpc) is 2.90. The van der Waals surface area contributed by atoms with E-state index in [4.69, 9.17) is 16.9 Å². The van der Waals surface area contributed by atoms with Gasteiger partial charge in [0.1, 0.15) is 17.6 Å². The number of nitrogens with one attached hydrogen (secondary N) is 2. The predicted octanol–water partition coefficient (Wildman–Crippen LogP) is 3.95. The number of alkyl halides is 2. The Morgan fingerprint density at radius 2 is 1.86 bits per heavy atom. The summed E-state index contributed by atoms with van der Waals surface area (Å²) in [5, 5.41) is 12.8. The van der Waals surface area contributed by atoms with Crippen LogP contribution in [0.4, 0.5) is 18.9 Å². The molecule has 2 rings (SSSR count). The largest absolute Gasteiger partial charge is 0.352 e. The molecular formula is C19H18ClF3N4O2. The van der Waals surface area contributed by atoms with E-state index in [1.807, 2.05) is 0 Å². The van der Waals surface area contributed by atoms with Gasteiger partial charge in [0.2, 0.25) is 0 Å². The molecule has 0 aliphatic rings. The summed E-state index contributed by atoms with van der Waals surface area (Å²) in [4.78, 5) is 24.6. The summed E-state index contributed by atoms with van der Waals surface area (Å²) in [5.41, 5.74) is -2.28. The van der Waals surface area contributed by atoms with Crippen molar-refractivity contribution in [1.29, 1.82) is 5.26 Å². The number of aromatic nitrogens is 1. The number of aryl methyl sites for hydroxylation is 1. The molecule has 1 aromatic carbocycles. The van der Waals surface area contributed by atoms with E-state index in [9.17, 15) is 22.8 Å². The standard InChI is InChI=1S/C19H18ClF3N4O2/c1-18(2,3)26-17(29)19(22,23)12-9-27(4)15(14(12)20)16(28)25-11-5-6-13(21)10(7-11)8-24/h5-7,9H,1-4H3,(H,25,28)(H,26,29). The number of anilines is 1. The fourth-order valence-electron chi connectivity index (χ4n) is 2.50. The quantitative estimate of drug-likeness (QED) is 0.776. The first kappa shape index (κ1) is 22.3. The molecular weight excluding hydrogens is 409 g/mol. The summed E-state index contributed by atoms with van der Waals surface area (Å²) < 4.78 is 43.8. The molecule has 29 heavy (non-hydrogen) atoms. The van der Waals surface area contributed by atoms with Crippen molar-refractivity contribution in [2.24, 2.45) is 7.05 Å². The fourth-order valence-corrected chi connectivity index (χ4v) is 2.88. The van der Waals surface area contributed by atoms with E-state index < -0.39 is 39.7 Å². The zero-order valence-electron chi connectivity index (χ0n) is 16.0. The fraction of sp³-hybridized carbons (Fsp3) is 0.316. The summed E-state index contributed by atoms with van der Waals surface area (Å²) >= 11 is 6.02. The third-order valence-corrected chi connectivity index (χ3v) is 4.17. The van der Waals surface area contributed by atoms with Crippen LogP contribution in [0.1, 0.15) is 42.4 Å². The molecule has 0 saturated carbocycles. The molecule has 2 aromatic rings. The molecule has 0 radical (unpaired) electrons. The van der Waals surface area contributed by atoms with Crippen LogP contribution in [-0.2, 0) is 17.8 Å². The van der Waals surface area contributed by atoms with Gasteiger partial charge in [0.25, 0.3) is 11.8 Å². The van der Waals surface area contributed by atoms with Crippen molar-refractivity contribution in [2.75, 3.05) is 5.32 Å². The van der Waals surface area contributed by atoms with E-state index in [1.54, 1.807) is 26.8 Å². The minimum atomic E-state index is -3.98. The van der Waals surface area contributed by atoms with Gasteiger partial charge in [0.15, 0.2) is 0 Å². The molecule has 0 fully saturated rings. The molecule has 0 unspecified atom stereocenters. The van der Waals surface area contributed by atoms with E-state index in [0.29, 0.717) is 0 Å². The Morgan fingerprint density at radius 1 is 1.24 bits per heavy atom. The van der Waals surface area contributed by atoms with E-state index >= 15 is 0 Å². The maximum absolute atomic E-state index is 14.6. The Morgan fingerprint density at radius 3 is 2.41 bits per heavy atom. The predicted molar refractivity (Wildman–Crippen MR) is 101 cm³/mol. The molecule has 1 heterocycles. The van der Waals surface area contributed by atoms with Crippen LogP contribution >= 0.6 is 11.6 Å². The maximum atomic E-state index is 14.6. The minimum Gasteiger partial charge on any atom is -0.346 e. The Kier molecular flexibility index (Phi) is 5.99. The van der Waals surface area contributed by atoms with Gasteiger partial charge in [-0.1, -0.05) is 11.6 Å². The number of benzene rings is 1. The molecule has 0 aliphatic carbocycles. The molecule has 0 atom stereocenters. The van der Waals surface area contributed by atoms with Gasteiger partial charge in [-0.3, -0.25) is 9.59 Å². The molecule has 0 saturated heterocycles. The molecule has 0 bridgehead atoms. The Bertz CT molecular complexity index is 1020. The van der Waals surface area contributed by atoms with Crippen molar-refractivity contribution in [3.05, 3.63) is 52.1 Å². The molecule has 6 nitrogen and oxygen atoms in total. The van der Waals surface area contributed by atoms with Gasteiger partial charge in [-0.05, 0) is 39.0 Å². The number of nitriles is 1. The maximum Gasteiger partial charge on any atom is 0.352 e. The van der Waals surface area contributed by atoms with Crippen LogP contribution in [0.25, 0.3) is 0 Å². The second kappa shape index (κ2) is 7.79. The number of amides is 2. The monoisotopic (exact) mass is 426 g/mol. The second-order valence-electron chi connectivity index (χ2n) is 7.36. The van der Waals surface area contributed by atoms with Crippen LogP contribution in [0.3, 0.4) is 0 Å². The van der Waals surface area contributed by atoms with E-state index in [-0.39, 0.29) is 16.9 Å². The lowest BCUT2D eigenvalue weighted by Crippen LogP contribution is -2.47. The van der Waals surface area contributed by atoms with Crippen LogP contribution in [0.2, 0.25) is 5.02 Å². The van der Waals surface area contributed by atoms with Crippen LogP contribution in [0.15, 0.2) is 24.4 Å². The van der Waals surface area contributed by atoms with E-state index in [0.717, 1.165) is 22.9 Å². The van der Waals surface area contributed by atoms with E-state index in [2.05, 4.69) is 10.6 Å². The molecule has 2 amide bonds. The van der Waals surface area contributed by atoms with Crippen LogP contribution in [0, 0.1) is 17.1 Å². The zero-order valence-corrected chi connectivity index (χ0v) is 16.8. The number of halogens is 4. The van der Waals surface area contributed by atoms with Gasteiger partial charge in [-0.25, -0.2) is 4.39 Å². The van der Waals surface area contributed by atoms with Gasteiger partial charge in [-0.15, -0.1) is 0 Å². The van der Waals surface area contributed by atoms with Crippen LogP contribution in [0.5, 0.6) is 0 Å². The van der Waals surface area contributed by atoms with Crippen LogP contribution in [-0.4, -0.2) is 21.9 Å². The molecule has 0 spiro atoms. The van der Waals surface area contributed by atoms with Crippen molar-refractivity contribution in [3.63, 3.8) is 0 Å². The number of carbonyl (C=O) groups is 2. The first-order chi connectivity index (χ1) is 13.3. The van der Waals surface area contributed by atoms with Crippen LogP contribution < -0.4 is 10.6 Å². The molecule has 2 N–H and O–H groups in total. The van der Waals surface area contributed by atoms with Gasteiger partial charge < -0.3 is 15.2 Å². The summed E-state index contributed by atoms with van der Waals surface area (Å²) in [6, 6.07) is 4.91. The highest BCUT2D eigenvalue weighted by Crippen LogP contribution is 2.37. The SMILES string of the molecule is Cn1cc(C(F)(F)C(=O)NC(C)(C)C)c(Cl)c1C(=O)Nc1ccc(F)c(C#N)c1. The molecule has 154 valence electrons. The minimum absolute atomic E-state index is 0.0732. The lowest BCUT2D eigenvalue weighted by molar-refractivity contribution is -0.148. The Labute approximate surface area is 170 Å². The highest BCUT2D eigenvalue weighted by Gasteiger charge is 2.46. The van der Waals surface area contributed by atoms with Crippen molar-refractivity contribution in [1.82, 2.24) is 9.88 Å². The lowest BCUT2D eigenvalue weighted by atomic mass is 10.1. The molecule has 1 aromatic heterocycles. The van der Waals surface area contributed by atoms with Gasteiger partial charge in [0, 0.05) is 24.5 Å². The number of hydrogen-bond acceptors (Lipinski definition) is 3. The van der Waals surface area contributed by atoms with E-state index in [1.165, 1.54) is 13.1 Å². The average molecular weight is 427 g/mol. The first-order valence-electron chi connectivity index (χ1n) is 8.34. The third-order valence-electron chi connectivity index (χ3n) is 3.79. The molecule has 10 heteroatoms. The van der Waals surface area contributed by atoms with Gasteiger partial charge in [-0.2, -0.15) is 14.0 Å². The van der Waals surface area contributed by atoms with Crippen molar-refractivity contribution >= 4 is 29.1 Å². The van der Waals surface area contributed by atoms with Crippen molar-refractivity contribution in [3.8, 4) is 6.07 Å². The first-order valence-corrected chi connectivity index (χ1v) is 8.72. The summed E-state index contributed by atoms with van der Waals surface area (Å²) in [6.07, 6.45) is 0.894. The number of rotatable bonds is 4. The Balaban J connectivity index is 2.37.